The summed E-state index contributed by atoms with van der Waals surface area (Å²) in [5.74, 6) is 1.73. The Kier molecular flexibility index (Phi) is 5.31. The fraction of sp³-hybridized carbons (Fsp3) is 0.0909. The van der Waals surface area contributed by atoms with Crippen LogP contribution in [0.4, 0.5) is 0 Å². The van der Waals surface area contributed by atoms with Crippen LogP contribution in [0.1, 0.15) is 16.7 Å². The lowest BCUT2D eigenvalue weighted by Crippen LogP contribution is -1.96. The molecule has 0 radical (unpaired) electrons. The molecule has 0 spiro atoms. The van der Waals surface area contributed by atoms with Gasteiger partial charge < -0.3 is 9.47 Å². The Labute approximate surface area is 143 Å². The molecule has 24 heavy (non-hydrogen) atoms. The normalized spacial score (nSPS) is 10.7. The Morgan fingerprint density at radius 3 is 2.42 bits per heavy atom. The summed E-state index contributed by atoms with van der Waals surface area (Å²) in [7, 11) is 1.68. The lowest BCUT2D eigenvalue weighted by atomic mass is 10.1. The highest BCUT2D eigenvalue weighted by Crippen LogP contribution is 2.22. The Morgan fingerprint density at radius 2 is 1.58 bits per heavy atom. The average Bonchev–Trinajstić information content (AvgIpc) is 2.66. The van der Waals surface area contributed by atoms with Crippen LogP contribution in [0.5, 0.6) is 11.5 Å². The third-order valence-corrected chi connectivity index (χ3v) is 3.71. The van der Waals surface area contributed by atoms with Gasteiger partial charge in [0.05, 0.1) is 7.11 Å². The molecule has 0 aliphatic rings. The summed E-state index contributed by atoms with van der Waals surface area (Å²) in [6, 6.07) is 26.2. The van der Waals surface area contributed by atoms with Crippen LogP contribution in [0.25, 0.3) is 12.2 Å². The lowest BCUT2D eigenvalue weighted by molar-refractivity contribution is 0.305. The first-order chi connectivity index (χ1) is 11.8. The Balaban J connectivity index is 1.75. The molecule has 0 saturated carbocycles. The van der Waals surface area contributed by atoms with E-state index in [0.29, 0.717) is 6.61 Å². The van der Waals surface area contributed by atoms with Crippen LogP contribution in [0.2, 0.25) is 0 Å². The van der Waals surface area contributed by atoms with Gasteiger partial charge in [-0.2, -0.15) is 0 Å². The number of hydrogen-bond donors (Lipinski definition) is 0. The first-order valence-electron chi connectivity index (χ1n) is 7.93. The molecule has 120 valence electrons. The minimum absolute atomic E-state index is 0.560. The molecule has 0 fully saturated rings. The molecule has 0 aliphatic heterocycles. The van der Waals surface area contributed by atoms with Crippen LogP contribution in [0, 0.1) is 0 Å². The molecule has 0 atom stereocenters. The van der Waals surface area contributed by atoms with E-state index in [1.165, 1.54) is 0 Å². The van der Waals surface area contributed by atoms with Gasteiger partial charge in [0.2, 0.25) is 0 Å². The summed E-state index contributed by atoms with van der Waals surface area (Å²) in [5, 5.41) is 0. The van der Waals surface area contributed by atoms with Crippen molar-refractivity contribution in [1.29, 1.82) is 0 Å². The van der Waals surface area contributed by atoms with Crippen LogP contribution in [0.15, 0.2) is 78.9 Å². The second kappa shape index (κ2) is 8.02. The summed E-state index contributed by atoms with van der Waals surface area (Å²) in [4.78, 5) is 0. The highest BCUT2D eigenvalue weighted by atomic mass is 16.5. The standard InChI is InChI=1S/C22H20O2/c1-23-21-12-7-10-18(16-21)14-15-20-11-5-6-13-22(20)24-17-19-8-3-2-4-9-19/h2-16H,17H2,1H3/b15-14+. The largest absolute Gasteiger partial charge is 0.497 e. The maximum Gasteiger partial charge on any atom is 0.127 e. The fourth-order valence-corrected chi connectivity index (χ4v) is 2.42. The minimum Gasteiger partial charge on any atom is -0.497 e. The first kappa shape index (κ1) is 15.9. The number of ether oxygens (including phenoxy) is 2. The lowest BCUT2D eigenvalue weighted by Gasteiger charge is -2.09. The average molecular weight is 316 g/mol. The molecule has 2 heteroatoms. The van der Waals surface area contributed by atoms with E-state index in [1.54, 1.807) is 7.11 Å². The van der Waals surface area contributed by atoms with Crippen molar-refractivity contribution >= 4 is 12.2 Å². The molecule has 0 aromatic heterocycles. The second-order valence-electron chi connectivity index (χ2n) is 5.42. The van der Waals surface area contributed by atoms with Gasteiger partial charge in [-0.15, -0.1) is 0 Å². The minimum atomic E-state index is 0.560. The van der Waals surface area contributed by atoms with E-state index >= 15 is 0 Å². The summed E-state index contributed by atoms with van der Waals surface area (Å²) < 4.78 is 11.2. The number of rotatable bonds is 6. The van der Waals surface area contributed by atoms with Crippen molar-refractivity contribution in [2.75, 3.05) is 7.11 Å². The molecular formula is C22H20O2. The van der Waals surface area contributed by atoms with Gasteiger partial charge in [0.15, 0.2) is 0 Å². The maximum absolute atomic E-state index is 5.98. The van der Waals surface area contributed by atoms with Crippen molar-refractivity contribution in [1.82, 2.24) is 0 Å². The van der Waals surface area contributed by atoms with Crippen LogP contribution < -0.4 is 9.47 Å². The molecule has 2 nitrogen and oxygen atoms in total. The van der Waals surface area contributed by atoms with Crippen LogP contribution in [-0.2, 0) is 6.61 Å². The van der Waals surface area contributed by atoms with Gasteiger partial charge in [-0.05, 0) is 29.3 Å². The predicted octanol–water partition coefficient (Wildman–Crippen LogP) is 5.44. The summed E-state index contributed by atoms with van der Waals surface area (Å²) in [6.07, 6.45) is 4.13. The first-order valence-corrected chi connectivity index (χ1v) is 7.93. The zero-order chi connectivity index (χ0) is 16.6. The molecule has 0 saturated heterocycles. The third-order valence-electron chi connectivity index (χ3n) is 3.71. The molecule has 0 bridgehead atoms. The van der Waals surface area contributed by atoms with E-state index in [0.717, 1.165) is 28.2 Å². The van der Waals surface area contributed by atoms with Crippen LogP contribution >= 0.6 is 0 Å². The van der Waals surface area contributed by atoms with Gasteiger partial charge >= 0.3 is 0 Å². The van der Waals surface area contributed by atoms with Gasteiger partial charge in [-0.25, -0.2) is 0 Å². The predicted molar refractivity (Wildman–Crippen MR) is 99.1 cm³/mol. The topological polar surface area (TPSA) is 18.5 Å². The molecule has 3 aromatic rings. The quantitative estimate of drug-likeness (QED) is 0.563. The van der Waals surface area contributed by atoms with Gasteiger partial charge in [0.25, 0.3) is 0 Å². The molecule has 3 aromatic carbocycles. The Morgan fingerprint density at radius 1 is 0.792 bits per heavy atom. The van der Waals surface area contributed by atoms with E-state index in [2.05, 4.69) is 30.4 Å². The van der Waals surface area contributed by atoms with Gasteiger partial charge in [-0.3, -0.25) is 0 Å². The molecular weight excluding hydrogens is 296 g/mol. The maximum atomic E-state index is 5.98. The van der Waals surface area contributed by atoms with E-state index in [1.807, 2.05) is 60.7 Å². The smallest absolute Gasteiger partial charge is 0.127 e. The zero-order valence-corrected chi connectivity index (χ0v) is 13.7. The number of para-hydroxylation sites is 1. The van der Waals surface area contributed by atoms with Crippen molar-refractivity contribution in [3.8, 4) is 11.5 Å². The van der Waals surface area contributed by atoms with Gasteiger partial charge in [0.1, 0.15) is 18.1 Å². The van der Waals surface area contributed by atoms with Crippen LogP contribution in [0.3, 0.4) is 0 Å². The van der Waals surface area contributed by atoms with E-state index in [4.69, 9.17) is 9.47 Å². The fourth-order valence-electron chi connectivity index (χ4n) is 2.42. The molecule has 0 N–H and O–H groups in total. The van der Waals surface area contributed by atoms with Crippen molar-refractivity contribution in [2.24, 2.45) is 0 Å². The molecule has 0 unspecified atom stereocenters. The van der Waals surface area contributed by atoms with Gasteiger partial charge in [-0.1, -0.05) is 72.8 Å². The summed E-state index contributed by atoms with van der Waals surface area (Å²) >= 11 is 0. The van der Waals surface area contributed by atoms with Gasteiger partial charge in [0, 0.05) is 5.56 Å². The molecule has 0 amide bonds. The molecule has 0 aliphatic carbocycles. The third kappa shape index (κ3) is 4.26. The highest BCUT2D eigenvalue weighted by molar-refractivity contribution is 5.73. The van der Waals surface area contributed by atoms with E-state index in [9.17, 15) is 0 Å². The monoisotopic (exact) mass is 316 g/mol. The Bertz CT molecular complexity index is 807. The highest BCUT2D eigenvalue weighted by Gasteiger charge is 2.01. The zero-order valence-electron chi connectivity index (χ0n) is 13.7. The number of hydrogen-bond acceptors (Lipinski definition) is 2. The van der Waals surface area contributed by atoms with Crippen molar-refractivity contribution in [2.45, 2.75) is 6.61 Å². The van der Waals surface area contributed by atoms with E-state index in [-0.39, 0.29) is 0 Å². The van der Waals surface area contributed by atoms with E-state index < -0.39 is 0 Å². The number of benzene rings is 3. The van der Waals surface area contributed by atoms with Crippen molar-refractivity contribution < 1.29 is 9.47 Å². The van der Waals surface area contributed by atoms with Crippen molar-refractivity contribution in [3.63, 3.8) is 0 Å². The van der Waals surface area contributed by atoms with Crippen molar-refractivity contribution in [3.05, 3.63) is 95.6 Å². The Hall–Kier alpha value is -3.00. The SMILES string of the molecule is COc1cccc(/C=C/c2ccccc2OCc2ccccc2)c1. The van der Waals surface area contributed by atoms with Crippen LogP contribution in [-0.4, -0.2) is 7.11 Å². The number of methoxy groups -OCH3 is 1. The summed E-state index contributed by atoms with van der Waals surface area (Å²) in [5.41, 5.74) is 3.30. The summed E-state index contributed by atoms with van der Waals surface area (Å²) in [6.45, 7) is 0.560. The second-order valence-corrected chi connectivity index (χ2v) is 5.42. The molecule has 0 heterocycles. The molecule has 3 rings (SSSR count).